The molecule has 1 N–H and O–H groups in total. The summed E-state index contributed by atoms with van der Waals surface area (Å²) in [5.41, 5.74) is 4.11. The number of nitrogens with zero attached hydrogens (tertiary/aromatic N) is 1. The van der Waals surface area contributed by atoms with E-state index in [0.717, 1.165) is 31.3 Å². The molecule has 0 bridgehead atoms. The summed E-state index contributed by atoms with van der Waals surface area (Å²) in [6, 6.07) is 4.51. The molecule has 1 saturated heterocycles. The van der Waals surface area contributed by atoms with Crippen LogP contribution in [0.15, 0.2) is 12.1 Å². The van der Waals surface area contributed by atoms with Crippen LogP contribution in [0.2, 0.25) is 0 Å². The first-order chi connectivity index (χ1) is 8.70. The van der Waals surface area contributed by atoms with Crippen molar-refractivity contribution in [2.45, 2.75) is 19.3 Å². The standard InChI is InChI=1S/C15H22N2O/c1-10-6-13-12-4-5-16-8-11(12)9-17(2)15(13)14(7-10)18-3/h6-7,11-12,16H,4-5,8-9H2,1-3H3. The zero-order chi connectivity index (χ0) is 12.7. The van der Waals surface area contributed by atoms with Crippen LogP contribution in [0.5, 0.6) is 5.75 Å². The molecule has 3 rings (SSSR count). The van der Waals surface area contributed by atoms with Crippen LogP contribution in [-0.4, -0.2) is 33.8 Å². The van der Waals surface area contributed by atoms with Crippen molar-refractivity contribution in [3.8, 4) is 5.75 Å². The average Bonchev–Trinajstić information content (AvgIpc) is 2.37. The summed E-state index contributed by atoms with van der Waals surface area (Å²) in [5.74, 6) is 2.47. The van der Waals surface area contributed by atoms with Gasteiger partial charge in [0.25, 0.3) is 0 Å². The second kappa shape index (κ2) is 4.47. The van der Waals surface area contributed by atoms with Crippen LogP contribution >= 0.6 is 0 Å². The fourth-order valence-electron chi connectivity index (χ4n) is 3.59. The molecular weight excluding hydrogens is 224 g/mol. The van der Waals surface area contributed by atoms with Crippen LogP contribution in [0, 0.1) is 12.8 Å². The zero-order valence-corrected chi connectivity index (χ0v) is 11.5. The van der Waals surface area contributed by atoms with Crippen LogP contribution < -0.4 is 15.0 Å². The highest BCUT2D eigenvalue weighted by Gasteiger charge is 2.35. The lowest BCUT2D eigenvalue weighted by Crippen LogP contribution is -2.45. The molecule has 1 aromatic rings. The summed E-state index contributed by atoms with van der Waals surface area (Å²) in [7, 11) is 3.96. The number of piperidine rings is 1. The van der Waals surface area contributed by atoms with Crippen molar-refractivity contribution in [2.24, 2.45) is 5.92 Å². The normalized spacial score (nSPS) is 26.5. The molecule has 2 heterocycles. The van der Waals surface area contributed by atoms with Crippen LogP contribution in [0.1, 0.15) is 23.5 Å². The molecule has 0 saturated carbocycles. The van der Waals surface area contributed by atoms with Gasteiger partial charge in [-0.1, -0.05) is 6.07 Å². The van der Waals surface area contributed by atoms with Gasteiger partial charge in [0, 0.05) is 20.1 Å². The molecule has 0 spiro atoms. The van der Waals surface area contributed by atoms with Gasteiger partial charge in [-0.2, -0.15) is 0 Å². The van der Waals surface area contributed by atoms with E-state index in [4.69, 9.17) is 4.74 Å². The summed E-state index contributed by atoms with van der Waals surface area (Å²) < 4.78 is 5.59. The Balaban J connectivity index is 2.12. The molecule has 3 heteroatoms. The summed E-state index contributed by atoms with van der Waals surface area (Å²) in [5, 5.41) is 3.52. The topological polar surface area (TPSA) is 24.5 Å². The third kappa shape index (κ3) is 1.77. The van der Waals surface area contributed by atoms with Crippen molar-refractivity contribution >= 4 is 5.69 Å². The quantitative estimate of drug-likeness (QED) is 0.821. The first kappa shape index (κ1) is 11.8. The molecule has 2 aliphatic rings. The number of aryl methyl sites for hydroxylation is 1. The monoisotopic (exact) mass is 246 g/mol. The molecular formula is C15H22N2O. The van der Waals surface area contributed by atoms with Gasteiger partial charge in [0.2, 0.25) is 0 Å². The predicted octanol–water partition coefficient (Wildman–Crippen LogP) is 2.15. The van der Waals surface area contributed by atoms with E-state index in [-0.39, 0.29) is 0 Å². The third-order valence-electron chi connectivity index (χ3n) is 4.37. The Kier molecular flexibility index (Phi) is 2.94. The van der Waals surface area contributed by atoms with Crippen LogP contribution in [0.3, 0.4) is 0 Å². The lowest BCUT2D eigenvalue weighted by atomic mass is 9.77. The molecule has 0 aliphatic carbocycles. The van der Waals surface area contributed by atoms with E-state index in [2.05, 4.69) is 36.3 Å². The predicted molar refractivity (Wildman–Crippen MR) is 74.7 cm³/mol. The number of benzene rings is 1. The van der Waals surface area contributed by atoms with Gasteiger partial charge in [0.15, 0.2) is 0 Å². The highest BCUT2D eigenvalue weighted by atomic mass is 16.5. The maximum Gasteiger partial charge on any atom is 0.142 e. The summed E-state index contributed by atoms with van der Waals surface area (Å²) in [6.07, 6.45) is 1.25. The van der Waals surface area contributed by atoms with E-state index in [9.17, 15) is 0 Å². The van der Waals surface area contributed by atoms with Crippen molar-refractivity contribution < 1.29 is 4.74 Å². The molecule has 0 amide bonds. The first-order valence-electron chi connectivity index (χ1n) is 6.81. The summed E-state index contributed by atoms with van der Waals surface area (Å²) in [4.78, 5) is 2.36. The minimum absolute atomic E-state index is 0.700. The highest BCUT2D eigenvalue weighted by molar-refractivity contribution is 5.67. The van der Waals surface area contributed by atoms with Gasteiger partial charge in [-0.15, -0.1) is 0 Å². The Morgan fingerprint density at radius 1 is 1.39 bits per heavy atom. The van der Waals surface area contributed by atoms with Gasteiger partial charge in [-0.3, -0.25) is 0 Å². The average molecular weight is 246 g/mol. The van der Waals surface area contributed by atoms with Gasteiger partial charge < -0.3 is 15.0 Å². The maximum atomic E-state index is 5.59. The van der Waals surface area contributed by atoms with Crippen molar-refractivity contribution in [3.05, 3.63) is 23.3 Å². The Hall–Kier alpha value is -1.22. The number of hydrogen-bond donors (Lipinski definition) is 1. The Bertz CT molecular complexity index is 458. The van der Waals surface area contributed by atoms with Crippen molar-refractivity contribution in [1.82, 2.24) is 5.32 Å². The number of anilines is 1. The lowest BCUT2D eigenvalue weighted by molar-refractivity contribution is 0.315. The van der Waals surface area contributed by atoms with E-state index in [1.165, 1.54) is 23.2 Å². The molecule has 2 aliphatic heterocycles. The number of hydrogen-bond acceptors (Lipinski definition) is 3. The smallest absolute Gasteiger partial charge is 0.142 e. The van der Waals surface area contributed by atoms with Crippen LogP contribution in [0.4, 0.5) is 5.69 Å². The minimum Gasteiger partial charge on any atom is -0.495 e. The van der Waals surface area contributed by atoms with Crippen LogP contribution in [-0.2, 0) is 0 Å². The molecule has 1 fully saturated rings. The summed E-state index contributed by atoms with van der Waals surface area (Å²) >= 11 is 0. The molecule has 98 valence electrons. The number of rotatable bonds is 1. The van der Waals surface area contributed by atoms with E-state index in [1.54, 1.807) is 7.11 Å². The molecule has 2 unspecified atom stereocenters. The number of nitrogens with one attached hydrogen (secondary N) is 1. The zero-order valence-electron chi connectivity index (χ0n) is 11.5. The maximum absolute atomic E-state index is 5.59. The Morgan fingerprint density at radius 3 is 3.00 bits per heavy atom. The number of ether oxygens (including phenoxy) is 1. The SMILES string of the molecule is COc1cc(C)cc2c1N(C)CC1CNCCC21. The molecule has 0 aromatic heterocycles. The van der Waals surface area contributed by atoms with E-state index in [0.29, 0.717) is 5.92 Å². The second-order valence-electron chi connectivity index (χ2n) is 5.64. The second-order valence-corrected chi connectivity index (χ2v) is 5.64. The van der Waals surface area contributed by atoms with Gasteiger partial charge in [0.05, 0.1) is 12.8 Å². The fraction of sp³-hybridized carbons (Fsp3) is 0.600. The minimum atomic E-state index is 0.700. The summed E-state index contributed by atoms with van der Waals surface area (Å²) in [6.45, 7) is 5.57. The van der Waals surface area contributed by atoms with Crippen molar-refractivity contribution in [3.63, 3.8) is 0 Å². The molecule has 0 radical (unpaired) electrons. The molecule has 18 heavy (non-hydrogen) atoms. The van der Waals surface area contributed by atoms with E-state index in [1.807, 2.05) is 0 Å². The highest BCUT2D eigenvalue weighted by Crippen LogP contribution is 2.46. The number of methoxy groups -OCH3 is 1. The molecule has 3 nitrogen and oxygen atoms in total. The van der Waals surface area contributed by atoms with Gasteiger partial charge >= 0.3 is 0 Å². The lowest BCUT2D eigenvalue weighted by Gasteiger charge is -2.43. The fourth-order valence-corrected chi connectivity index (χ4v) is 3.59. The van der Waals surface area contributed by atoms with E-state index < -0.39 is 0 Å². The molecule has 1 aromatic carbocycles. The van der Waals surface area contributed by atoms with Gasteiger partial charge in [0.1, 0.15) is 5.75 Å². The first-order valence-corrected chi connectivity index (χ1v) is 6.81. The molecule has 2 atom stereocenters. The van der Waals surface area contributed by atoms with Crippen LogP contribution in [0.25, 0.3) is 0 Å². The van der Waals surface area contributed by atoms with Crippen molar-refractivity contribution in [1.29, 1.82) is 0 Å². The van der Waals surface area contributed by atoms with Gasteiger partial charge in [-0.05, 0) is 48.9 Å². The van der Waals surface area contributed by atoms with E-state index >= 15 is 0 Å². The Labute approximate surface area is 109 Å². The Morgan fingerprint density at radius 2 is 2.22 bits per heavy atom. The van der Waals surface area contributed by atoms with Gasteiger partial charge in [-0.25, -0.2) is 0 Å². The largest absolute Gasteiger partial charge is 0.495 e. The third-order valence-corrected chi connectivity index (χ3v) is 4.37. The number of fused-ring (bicyclic) bond motifs is 3. The van der Waals surface area contributed by atoms with Crippen molar-refractivity contribution in [2.75, 3.05) is 38.7 Å².